The third-order valence-electron chi connectivity index (χ3n) is 2.53. The van der Waals surface area contributed by atoms with Crippen LogP contribution in [0.4, 0.5) is 8.78 Å². The fourth-order valence-corrected chi connectivity index (χ4v) is 2.74. The van der Waals surface area contributed by atoms with Crippen molar-refractivity contribution in [3.05, 3.63) is 29.8 Å². The van der Waals surface area contributed by atoms with Gasteiger partial charge in [0.2, 0.25) is 10.0 Å². The van der Waals surface area contributed by atoms with Crippen molar-refractivity contribution in [1.82, 2.24) is 4.31 Å². The van der Waals surface area contributed by atoms with Gasteiger partial charge in [-0.2, -0.15) is 4.31 Å². The van der Waals surface area contributed by atoms with Gasteiger partial charge in [0.15, 0.2) is 0 Å². The molecule has 0 heterocycles. The lowest BCUT2D eigenvalue weighted by molar-refractivity contribution is -0.141. The Hall–Kier alpha value is -1.54. The van der Waals surface area contributed by atoms with Crippen LogP contribution in [0.3, 0.4) is 0 Å². The van der Waals surface area contributed by atoms with Crippen LogP contribution in [0.15, 0.2) is 23.1 Å². The molecule has 19 heavy (non-hydrogen) atoms. The first kappa shape index (κ1) is 15.5. The Morgan fingerprint density at radius 1 is 1.42 bits per heavy atom. The van der Waals surface area contributed by atoms with Crippen LogP contribution in [0.5, 0.6) is 0 Å². The molecule has 1 rings (SSSR count). The molecule has 0 bridgehead atoms. The van der Waals surface area contributed by atoms with Gasteiger partial charge in [-0.1, -0.05) is 6.92 Å². The maximum absolute atomic E-state index is 13.4. The minimum absolute atomic E-state index is 0.340. The molecule has 0 aliphatic carbocycles. The van der Waals surface area contributed by atoms with Gasteiger partial charge in [-0.3, -0.25) is 4.79 Å². The number of aliphatic carboxylic acids is 1. The molecular weight excluding hydrogens is 280 g/mol. The molecule has 0 aromatic heterocycles. The lowest BCUT2D eigenvalue weighted by Gasteiger charge is -2.19. The molecule has 0 saturated carbocycles. The molecule has 1 aromatic rings. The Labute approximate surface area is 109 Å². The Bertz CT molecular complexity index is 588. The summed E-state index contributed by atoms with van der Waals surface area (Å²) in [6, 6.07) is 2.07. The number of hydrogen-bond acceptors (Lipinski definition) is 3. The molecule has 0 fully saturated rings. The predicted octanol–water partition coefficient (Wildman–Crippen LogP) is 1.31. The molecule has 0 aliphatic rings. The molecule has 1 N–H and O–H groups in total. The number of carbonyl (C=O) groups is 1. The summed E-state index contributed by atoms with van der Waals surface area (Å²) in [5.41, 5.74) is 0. The van der Waals surface area contributed by atoms with E-state index in [0.717, 1.165) is 13.1 Å². The van der Waals surface area contributed by atoms with Crippen LogP contribution >= 0.6 is 0 Å². The molecule has 106 valence electrons. The van der Waals surface area contributed by atoms with Gasteiger partial charge in [-0.05, 0) is 18.2 Å². The van der Waals surface area contributed by atoms with E-state index in [2.05, 4.69) is 0 Å². The van der Waals surface area contributed by atoms with Crippen molar-refractivity contribution in [3.8, 4) is 0 Å². The Morgan fingerprint density at radius 2 is 2.00 bits per heavy atom. The zero-order valence-electron chi connectivity index (χ0n) is 10.3. The van der Waals surface area contributed by atoms with Crippen LogP contribution in [-0.2, 0) is 14.8 Å². The van der Waals surface area contributed by atoms with E-state index in [1.807, 2.05) is 0 Å². The lowest BCUT2D eigenvalue weighted by Crippen LogP contribution is -2.34. The van der Waals surface area contributed by atoms with E-state index >= 15 is 0 Å². The first-order valence-electron chi connectivity index (χ1n) is 5.30. The summed E-state index contributed by atoms with van der Waals surface area (Å²) in [4.78, 5) is 9.85. The third kappa shape index (κ3) is 3.48. The number of nitrogens with zero attached hydrogens (tertiary/aromatic N) is 1. The van der Waals surface area contributed by atoms with Crippen LogP contribution < -0.4 is 0 Å². The highest BCUT2D eigenvalue weighted by Crippen LogP contribution is 2.20. The van der Waals surface area contributed by atoms with Crippen LogP contribution in [0.25, 0.3) is 0 Å². The summed E-state index contributed by atoms with van der Waals surface area (Å²) in [6.45, 7) is 0.976. The Balaban J connectivity index is 3.10. The molecule has 5 nitrogen and oxygen atoms in total. The summed E-state index contributed by atoms with van der Waals surface area (Å²) in [6.07, 6.45) is 0. The number of carboxylic acids is 1. The van der Waals surface area contributed by atoms with E-state index in [9.17, 15) is 22.0 Å². The average Bonchev–Trinajstić information content (AvgIpc) is 2.31. The normalized spacial score (nSPS) is 13.5. The highest BCUT2D eigenvalue weighted by atomic mass is 32.2. The number of rotatable bonds is 5. The SMILES string of the molecule is CC(CN(C)S(=O)(=O)c1cc(F)ccc1F)C(=O)O. The number of hydrogen-bond donors (Lipinski definition) is 1. The summed E-state index contributed by atoms with van der Waals surface area (Å²) in [5, 5.41) is 8.71. The highest BCUT2D eigenvalue weighted by molar-refractivity contribution is 7.89. The molecular formula is C11H13F2NO4S. The standard InChI is InChI=1S/C11H13F2NO4S/c1-7(11(15)16)6-14(2)19(17,18)10-5-8(12)3-4-9(10)13/h3-5,7H,6H2,1-2H3,(H,15,16). The molecule has 1 atom stereocenters. The van der Waals surface area contributed by atoms with Crippen molar-refractivity contribution in [2.45, 2.75) is 11.8 Å². The molecule has 8 heteroatoms. The first-order chi connectivity index (χ1) is 8.66. The fraction of sp³-hybridized carbons (Fsp3) is 0.364. The molecule has 0 spiro atoms. The van der Waals surface area contributed by atoms with E-state index in [1.54, 1.807) is 0 Å². The van der Waals surface area contributed by atoms with Gasteiger partial charge in [0, 0.05) is 13.6 Å². The maximum Gasteiger partial charge on any atom is 0.307 e. The second-order valence-corrected chi connectivity index (χ2v) is 6.11. The molecule has 1 aromatic carbocycles. The van der Waals surface area contributed by atoms with E-state index in [-0.39, 0.29) is 6.54 Å². The van der Waals surface area contributed by atoms with Gasteiger partial charge in [0.1, 0.15) is 16.5 Å². The number of halogens is 2. The summed E-state index contributed by atoms with van der Waals surface area (Å²) < 4.78 is 51.1. The number of carboxylic acid groups (broad SMARTS) is 1. The second-order valence-electron chi connectivity index (χ2n) is 4.10. The zero-order chi connectivity index (χ0) is 14.8. The topological polar surface area (TPSA) is 74.7 Å². The van der Waals surface area contributed by atoms with Gasteiger partial charge in [-0.25, -0.2) is 17.2 Å². The molecule has 0 radical (unpaired) electrons. The fourth-order valence-electron chi connectivity index (χ4n) is 1.40. The van der Waals surface area contributed by atoms with Gasteiger partial charge in [-0.15, -0.1) is 0 Å². The number of sulfonamides is 1. The summed E-state index contributed by atoms with van der Waals surface area (Å²) >= 11 is 0. The molecule has 0 amide bonds. The zero-order valence-corrected chi connectivity index (χ0v) is 11.1. The van der Waals surface area contributed by atoms with Crippen molar-refractivity contribution in [2.24, 2.45) is 5.92 Å². The summed E-state index contributed by atoms with van der Waals surface area (Å²) in [7, 11) is -3.16. The lowest BCUT2D eigenvalue weighted by atomic mass is 10.2. The van der Waals surface area contributed by atoms with Crippen molar-refractivity contribution in [1.29, 1.82) is 0 Å². The van der Waals surface area contributed by atoms with Crippen LogP contribution in [0.1, 0.15) is 6.92 Å². The Morgan fingerprint density at radius 3 is 2.53 bits per heavy atom. The average molecular weight is 293 g/mol. The quantitative estimate of drug-likeness (QED) is 0.888. The van der Waals surface area contributed by atoms with E-state index in [1.165, 1.54) is 6.92 Å². The Kier molecular flexibility index (Phi) is 4.59. The highest BCUT2D eigenvalue weighted by Gasteiger charge is 2.27. The summed E-state index contributed by atoms with van der Waals surface area (Å²) in [5.74, 6) is -4.12. The van der Waals surface area contributed by atoms with E-state index in [0.29, 0.717) is 16.4 Å². The predicted molar refractivity (Wildman–Crippen MR) is 63.0 cm³/mol. The van der Waals surface area contributed by atoms with E-state index in [4.69, 9.17) is 5.11 Å². The molecule has 0 saturated heterocycles. The first-order valence-corrected chi connectivity index (χ1v) is 6.74. The van der Waals surface area contributed by atoms with Gasteiger partial charge in [0.25, 0.3) is 0 Å². The smallest absolute Gasteiger partial charge is 0.307 e. The van der Waals surface area contributed by atoms with Crippen LogP contribution in [0, 0.1) is 17.6 Å². The molecule has 0 aliphatic heterocycles. The monoisotopic (exact) mass is 293 g/mol. The maximum atomic E-state index is 13.4. The third-order valence-corrected chi connectivity index (χ3v) is 4.37. The molecule has 1 unspecified atom stereocenters. The van der Waals surface area contributed by atoms with Crippen molar-refractivity contribution in [2.75, 3.05) is 13.6 Å². The van der Waals surface area contributed by atoms with Crippen LogP contribution in [-0.4, -0.2) is 37.4 Å². The van der Waals surface area contributed by atoms with Gasteiger partial charge < -0.3 is 5.11 Å². The van der Waals surface area contributed by atoms with Crippen molar-refractivity contribution >= 4 is 16.0 Å². The number of benzene rings is 1. The minimum Gasteiger partial charge on any atom is -0.481 e. The van der Waals surface area contributed by atoms with Crippen molar-refractivity contribution in [3.63, 3.8) is 0 Å². The van der Waals surface area contributed by atoms with Crippen LogP contribution in [0.2, 0.25) is 0 Å². The minimum atomic E-state index is -4.27. The van der Waals surface area contributed by atoms with Gasteiger partial charge in [0.05, 0.1) is 5.92 Å². The van der Waals surface area contributed by atoms with Crippen molar-refractivity contribution < 1.29 is 27.1 Å². The second kappa shape index (κ2) is 5.62. The van der Waals surface area contributed by atoms with E-state index < -0.39 is 38.4 Å². The van der Waals surface area contributed by atoms with Gasteiger partial charge >= 0.3 is 5.97 Å². The largest absolute Gasteiger partial charge is 0.481 e.